The molecule has 1 aliphatic carbocycles. The third kappa shape index (κ3) is 1.41. The van der Waals surface area contributed by atoms with Crippen LogP contribution in [0.15, 0.2) is 17.2 Å². The molecule has 0 atom stereocenters. The normalized spacial score (nSPS) is 18.3. The molecule has 0 radical (unpaired) electrons. The van der Waals surface area contributed by atoms with E-state index in [1.165, 1.54) is 35.1 Å². The monoisotopic (exact) mass is 188 g/mol. The zero-order valence-electron chi connectivity index (χ0n) is 8.80. The highest BCUT2D eigenvalue weighted by Crippen LogP contribution is 2.25. The average molecular weight is 188 g/mol. The molecule has 0 bridgehead atoms. The van der Waals surface area contributed by atoms with E-state index in [-0.39, 0.29) is 0 Å². The molecule has 2 rings (SSSR count). The van der Waals surface area contributed by atoms with Gasteiger partial charge in [-0.1, -0.05) is 11.6 Å². The first kappa shape index (κ1) is 9.25. The van der Waals surface area contributed by atoms with Gasteiger partial charge in [0.05, 0.1) is 5.71 Å². The summed E-state index contributed by atoms with van der Waals surface area (Å²) in [6.45, 7) is 4.29. The van der Waals surface area contributed by atoms with E-state index < -0.39 is 0 Å². The van der Waals surface area contributed by atoms with Crippen molar-refractivity contribution in [2.75, 3.05) is 0 Å². The molecule has 74 valence electrons. The number of fused-ring (bicyclic) bond motifs is 1. The van der Waals surface area contributed by atoms with Crippen LogP contribution < -0.4 is 5.84 Å². The first-order chi connectivity index (χ1) is 6.72. The minimum absolute atomic E-state index is 1.02. The van der Waals surface area contributed by atoms with Crippen LogP contribution in [0.2, 0.25) is 0 Å². The Hall–Kier alpha value is -1.31. The highest BCUT2D eigenvalue weighted by atomic mass is 15.1. The number of hydrogen-bond acceptors (Lipinski definition) is 2. The van der Waals surface area contributed by atoms with Gasteiger partial charge in [-0.05, 0) is 50.3 Å². The lowest BCUT2D eigenvalue weighted by atomic mass is 9.86. The van der Waals surface area contributed by atoms with E-state index in [1.54, 1.807) is 0 Å². The van der Waals surface area contributed by atoms with Gasteiger partial charge in [0.15, 0.2) is 0 Å². The third-order valence-electron chi connectivity index (χ3n) is 2.92. The van der Waals surface area contributed by atoms with Crippen molar-refractivity contribution in [1.82, 2.24) is 0 Å². The van der Waals surface area contributed by atoms with E-state index in [2.05, 4.69) is 31.1 Å². The van der Waals surface area contributed by atoms with Crippen LogP contribution in [0.25, 0.3) is 0 Å². The molecule has 0 saturated carbocycles. The number of nitrogens with two attached hydrogens (primary N) is 1. The molecule has 2 nitrogen and oxygen atoms in total. The summed E-state index contributed by atoms with van der Waals surface area (Å²) in [4.78, 5) is 0. The highest BCUT2D eigenvalue weighted by molar-refractivity contribution is 6.02. The van der Waals surface area contributed by atoms with Gasteiger partial charge >= 0.3 is 0 Å². The zero-order valence-corrected chi connectivity index (χ0v) is 8.80. The largest absolute Gasteiger partial charge is 0.323 e. The Balaban J connectivity index is 2.62. The molecule has 0 aliphatic heterocycles. The molecule has 0 unspecified atom stereocenters. The van der Waals surface area contributed by atoms with Crippen molar-refractivity contribution >= 4 is 5.71 Å². The average Bonchev–Trinajstić information content (AvgIpc) is 2.17. The van der Waals surface area contributed by atoms with Gasteiger partial charge in [-0.15, -0.1) is 0 Å². The summed E-state index contributed by atoms with van der Waals surface area (Å²) in [5.74, 6) is 5.41. The second-order valence-electron chi connectivity index (χ2n) is 4.04. The van der Waals surface area contributed by atoms with E-state index in [0.29, 0.717) is 0 Å². The SMILES string of the molecule is Cc1cc(C)c2c(c1)/C(=N/N)CCC2. The van der Waals surface area contributed by atoms with E-state index >= 15 is 0 Å². The number of hydrogen-bond donors (Lipinski definition) is 1. The summed E-state index contributed by atoms with van der Waals surface area (Å²) >= 11 is 0. The summed E-state index contributed by atoms with van der Waals surface area (Å²) in [5, 5.41) is 3.89. The number of hydrazone groups is 1. The Morgan fingerprint density at radius 1 is 1.21 bits per heavy atom. The molecule has 2 N–H and O–H groups in total. The molecule has 0 fully saturated rings. The van der Waals surface area contributed by atoms with E-state index in [1.807, 2.05) is 0 Å². The molecule has 1 aliphatic rings. The second-order valence-corrected chi connectivity index (χ2v) is 4.04. The van der Waals surface area contributed by atoms with E-state index in [4.69, 9.17) is 5.84 Å². The van der Waals surface area contributed by atoms with Crippen molar-refractivity contribution in [3.05, 3.63) is 34.4 Å². The summed E-state index contributed by atoms with van der Waals surface area (Å²) in [6, 6.07) is 4.44. The lowest BCUT2D eigenvalue weighted by Crippen LogP contribution is -2.15. The summed E-state index contributed by atoms with van der Waals surface area (Å²) < 4.78 is 0. The van der Waals surface area contributed by atoms with Crippen molar-refractivity contribution in [3.63, 3.8) is 0 Å². The summed E-state index contributed by atoms with van der Waals surface area (Å²) in [5.41, 5.74) is 6.45. The Bertz CT molecular complexity index is 392. The van der Waals surface area contributed by atoms with Gasteiger partial charge in [0.25, 0.3) is 0 Å². The topological polar surface area (TPSA) is 38.4 Å². The van der Waals surface area contributed by atoms with Crippen LogP contribution in [0.4, 0.5) is 0 Å². The van der Waals surface area contributed by atoms with Gasteiger partial charge in [0.1, 0.15) is 0 Å². The van der Waals surface area contributed by atoms with Crippen LogP contribution in [-0.4, -0.2) is 5.71 Å². The zero-order chi connectivity index (χ0) is 10.1. The Morgan fingerprint density at radius 2 is 2.00 bits per heavy atom. The van der Waals surface area contributed by atoms with Gasteiger partial charge in [-0.3, -0.25) is 0 Å². The fourth-order valence-corrected chi connectivity index (χ4v) is 2.29. The molecule has 0 spiro atoms. The van der Waals surface area contributed by atoms with Gasteiger partial charge < -0.3 is 5.84 Å². The van der Waals surface area contributed by atoms with Gasteiger partial charge in [0, 0.05) is 5.56 Å². The van der Waals surface area contributed by atoms with Crippen LogP contribution in [0.5, 0.6) is 0 Å². The van der Waals surface area contributed by atoms with Gasteiger partial charge in [0.2, 0.25) is 0 Å². The van der Waals surface area contributed by atoms with Crippen molar-refractivity contribution in [1.29, 1.82) is 0 Å². The number of benzene rings is 1. The smallest absolute Gasteiger partial charge is 0.0675 e. The summed E-state index contributed by atoms with van der Waals surface area (Å²) in [6.07, 6.45) is 3.36. The van der Waals surface area contributed by atoms with E-state index in [9.17, 15) is 0 Å². The lowest BCUT2D eigenvalue weighted by molar-refractivity contribution is 0.827. The molecule has 0 aromatic heterocycles. The summed E-state index contributed by atoms with van der Waals surface area (Å²) in [7, 11) is 0. The molecular weight excluding hydrogens is 172 g/mol. The molecule has 1 aromatic rings. The van der Waals surface area contributed by atoms with Gasteiger partial charge in [-0.2, -0.15) is 5.10 Å². The number of nitrogens with zero attached hydrogens (tertiary/aromatic N) is 1. The minimum Gasteiger partial charge on any atom is -0.323 e. The van der Waals surface area contributed by atoms with Crippen molar-refractivity contribution < 1.29 is 0 Å². The van der Waals surface area contributed by atoms with Crippen LogP contribution in [0, 0.1) is 13.8 Å². The molecule has 2 heteroatoms. The lowest BCUT2D eigenvalue weighted by Gasteiger charge is -2.20. The van der Waals surface area contributed by atoms with E-state index in [0.717, 1.165) is 12.1 Å². The van der Waals surface area contributed by atoms with Crippen LogP contribution in [0.3, 0.4) is 0 Å². The standard InChI is InChI=1S/C12H16N2/c1-8-6-9(2)10-4-3-5-12(14-13)11(10)7-8/h6-7H,3-5,13H2,1-2H3/b14-12+. The molecule has 0 heterocycles. The second kappa shape index (κ2) is 3.45. The minimum atomic E-state index is 1.02. The van der Waals surface area contributed by atoms with Crippen molar-refractivity contribution in [3.8, 4) is 0 Å². The third-order valence-corrected chi connectivity index (χ3v) is 2.92. The van der Waals surface area contributed by atoms with Crippen molar-refractivity contribution in [2.24, 2.45) is 10.9 Å². The fourth-order valence-electron chi connectivity index (χ4n) is 2.29. The van der Waals surface area contributed by atoms with Crippen LogP contribution >= 0.6 is 0 Å². The van der Waals surface area contributed by atoms with Crippen molar-refractivity contribution in [2.45, 2.75) is 33.1 Å². The maximum Gasteiger partial charge on any atom is 0.0675 e. The predicted molar refractivity (Wildman–Crippen MR) is 59.6 cm³/mol. The predicted octanol–water partition coefficient (Wildman–Crippen LogP) is 2.30. The Morgan fingerprint density at radius 3 is 2.71 bits per heavy atom. The Labute approximate surface area is 84.8 Å². The molecular formula is C12H16N2. The number of rotatable bonds is 0. The van der Waals surface area contributed by atoms with Gasteiger partial charge in [-0.25, -0.2) is 0 Å². The molecule has 1 aromatic carbocycles. The maximum atomic E-state index is 5.41. The Kier molecular flexibility index (Phi) is 2.28. The molecule has 14 heavy (non-hydrogen) atoms. The number of aryl methyl sites for hydroxylation is 2. The quantitative estimate of drug-likeness (QED) is 0.492. The van der Waals surface area contributed by atoms with Crippen LogP contribution in [0.1, 0.15) is 35.1 Å². The molecule has 0 saturated heterocycles. The first-order valence-electron chi connectivity index (χ1n) is 5.09. The maximum absolute atomic E-state index is 5.41. The highest BCUT2D eigenvalue weighted by Gasteiger charge is 2.17. The van der Waals surface area contributed by atoms with Crippen LogP contribution in [-0.2, 0) is 6.42 Å². The molecule has 0 amide bonds. The first-order valence-corrected chi connectivity index (χ1v) is 5.09. The fraction of sp³-hybridized carbons (Fsp3) is 0.417.